The van der Waals surface area contributed by atoms with Gasteiger partial charge in [-0.3, -0.25) is 4.79 Å². The smallest absolute Gasteiger partial charge is 0.223 e. The molecule has 29 heavy (non-hydrogen) atoms. The molecule has 152 valence electrons. The fraction of sp³-hybridized carbons (Fsp3) is 0.417. The second kappa shape index (κ2) is 8.68. The Morgan fingerprint density at radius 3 is 2.83 bits per heavy atom. The summed E-state index contributed by atoms with van der Waals surface area (Å²) < 4.78 is 8.13. The van der Waals surface area contributed by atoms with Crippen molar-refractivity contribution in [1.82, 2.24) is 14.9 Å². The summed E-state index contributed by atoms with van der Waals surface area (Å²) in [4.78, 5) is 17.0. The average molecular weight is 392 g/mol. The Kier molecular flexibility index (Phi) is 5.84. The number of nitrogens with zero attached hydrogens (tertiary/aromatic N) is 2. The molecule has 1 aromatic heterocycles. The van der Waals surface area contributed by atoms with E-state index in [1.54, 1.807) is 0 Å². The predicted molar refractivity (Wildman–Crippen MR) is 115 cm³/mol. The molecule has 0 aliphatic heterocycles. The first-order chi connectivity index (χ1) is 14.1. The number of aromatic nitrogens is 2. The highest BCUT2D eigenvalue weighted by molar-refractivity contribution is 5.81. The van der Waals surface area contributed by atoms with E-state index in [0.29, 0.717) is 6.61 Å². The lowest BCUT2D eigenvalue weighted by atomic mass is 10.2. The lowest BCUT2D eigenvalue weighted by Gasteiger charge is -2.16. The van der Waals surface area contributed by atoms with E-state index in [1.807, 2.05) is 37.3 Å². The summed E-state index contributed by atoms with van der Waals surface area (Å²) in [6.07, 6.45) is 3.97. The molecule has 2 aromatic carbocycles. The number of nitrogens with one attached hydrogen (secondary N) is 1. The Morgan fingerprint density at radius 2 is 2.03 bits per heavy atom. The lowest BCUT2D eigenvalue weighted by Crippen LogP contribution is -2.29. The first-order valence-electron chi connectivity index (χ1n) is 10.6. The second-order valence-corrected chi connectivity index (χ2v) is 7.99. The highest BCUT2D eigenvalue weighted by Gasteiger charge is 2.31. The molecular weight excluding hydrogens is 362 g/mol. The van der Waals surface area contributed by atoms with Crippen LogP contribution in [-0.2, 0) is 11.3 Å². The summed E-state index contributed by atoms with van der Waals surface area (Å²) in [5, 5.41) is 3.14. The van der Waals surface area contributed by atoms with Gasteiger partial charge in [0.2, 0.25) is 5.91 Å². The summed E-state index contributed by atoms with van der Waals surface area (Å²) in [5.74, 6) is 2.21. The standard InChI is InChI=1S/C24H29N3O2/c1-17-8-7-9-20(16-17)29-15-6-5-14-27-22-11-4-3-10-21(22)26-23(27)18(2)25-24(28)19-12-13-19/h3-4,7-11,16,18-19H,5-6,12-15H2,1-2H3,(H,25,28). The number of ether oxygens (including phenoxy) is 1. The van der Waals surface area contributed by atoms with Crippen LogP contribution in [0.25, 0.3) is 11.0 Å². The van der Waals surface area contributed by atoms with Crippen LogP contribution in [0, 0.1) is 12.8 Å². The molecule has 0 radical (unpaired) electrons. The van der Waals surface area contributed by atoms with Crippen LogP contribution in [-0.4, -0.2) is 22.1 Å². The van der Waals surface area contributed by atoms with E-state index in [4.69, 9.17) is 9.72 Å². The number of fused-ring (bicyclic) bond motifs is 1. The van der Waals surface area contributed by atoms with Gasteiger partial charge >= 0.3 is 0 Å². The fourth-order valence-electron chi connectivity index (χ4n) is 3.67. The molecule has 1 N–H and O–H groups in total. The van der Waals surface area contributed by atoms with Crippen molar-refractivity contribution in [3.05, 3.63) is 59.9 Å². The molecule has 1 aliphatic carbocycles. The molecule has 1 fully saturated rings. The third-order valence-corrected chi connectivity index (χ3v) is 5.41. The largest absolute Gasteiger partial charge is 0.494 e. The van der Waals surface area contributed by atoms with Gasteiger partial charge in [-0.25, -0.2) is 4.98 Å². The lowest BCUT2D eigenvalue weighted by molar-refractivity contribution is -0.123. The zero-order valence-electron chi connectivity index (χ0n) is 17.2. The van der Waals surface area contributed by atoms with Gasteiger partial charge in [-0.05, 0) is 69.4 Å². The third-order valence-electron chi connectivity index (χ3n) is 5.41. The fourth-order valence-corrected chi connectivity index (χ4v) is 3.67. The quantitative estimate of drug-likeness (QED) is 0.534. The van der Waals surface area contributed by atoms with E-state index in [-0.39, 0.29) is 17.9 Å². The number of imidazole rings is 1. The molecule has 1 unspecified atom stereocenters. The minimum absolute atomic E-state index is 0.0981. The van der Waals surface area contributed by atoms with E-state index in [9.17, 15) is 4.79 Å². The van der Waals surface area contributed by atoms with Crippen LogP contribution in [0.2, 0.25) is 0 Å². The number of benzene rings is 2. The van der Waals surface area contributed by atoms with Gasteiger partial charge in [-0.2, -0.15) is 0 Å². The van der Waals surface area contributed by atoms with Crippen LogP contribution in [0.3, 0.4) is 0 Å². The molecular formula is C24H29N3O2. The Bertz CT molecular complexity index is 991. The maximum absolute atomic E-state index is 12.2. The Labute approximate surface area is 172 Å². The van der Waals surface area contributed by atoms with E-state index >= 15 is 0 Å². The summed E-state index contributed by atoms with van der Waals surface area (Å²) in [6, 6.07) is 16.2. The number of aryl methyl sites for hydroxylation is 2. The van der Waals surface area contributed by atoms with Crippen molar-refractivity contribution in [1.29, 1.82) is 0 Å². The normalized spacial score (nSPS) is 14.7. The molecule has 0 bridgehead atoms. The number of hydrogen-bond acceptors (Lipinski definition) is 3. The van der Waals surface area contributed by atoms with Crippen molar-refractivity contribution < 1.29 is 9.53 Å². The summed E-state index contributed by atoms with van der Waals surface area (Å²) >= 11 is 0. The number of hydrogen-bond donors (Lipinski definition) is 1. The van der Waals surface area contributed by atoms with Crippen molar-refractivity contribution in [2.24, 2.45) is 5.92 Å². The molecule has 5 nitrogen and oxygen atoms in total. The third kappa shape index (κ3) is 4.78. The highest BCUT2D eigenvalue weighted by atomic mass is 16.5. The molecule has 0 spiro atoms. The molecule has 5 heteroatoms. The van der Waals surface area contributed by atoms with Crippen LogP contribution in [0.15, 0.2) is 48.5 Å². The van der Waals surface area contributed by atoms with Gasteiger partial charge in [-0.15, -0.1) is 0 Å². The molecule has 1 amide bonds. The van der Waals surface area contributed by atoms with Crippen LogP contribution in [0.1, 0.15) is 50.0 Å². The van der Waals surface area contributed by atoms with Crippen molar-refractivity contribution in [2.75, 3.05) is 6.61 Å². The Balaban J connectivity index is 1.39. The average Bonchev–Trinajstić information content (AvgIpc) is 3.50. The van der Waals surface area contributed by atoms with E-state index in [1.165, 1.54) is 5.56 Å². The van der Waals surface area contributed by atoms with E-state index in [0.717, 1.165) is 54.8 Å². The van der Waals surface area contributed by atoms with Crippen LogP contribution in [0.4, 0.5) is 0 Å². The minimum Gasteiger partial charge on any atom is -0.494 e. The summed E-state index contributed by atoms with van der Waals surface area (Å²) in [5.41, 5.74) is 3.31. The number of rotatable bonds is 9. The van der Waals surface area contributed by atoms with Crippen molar-refractivity contribution >= 4 is 16.9 Å². The maximum atomic E-state index is 12.2. The zero-order chi connectivity index (χ0) is 20.2. The first-order valence-corrected chi connectivity index (χ1v) is 10.6. The molecule has 1 atom stereocenters. The van der Waals surface area contributed by atoms with Gasteiger partial charge in [0, 0.05) is 12.5 Å². The number of carbonyl (C=O) groups excluding carboxylic acids is 1. The van der Waals surface area contributed by atoms with Gasteiger partial charge in [0.1, 0.15) is 11.6 Å². The van der Waals surface area contributed by atoms with Crippen molar-refractivity contribution in [3.8, 4) is 5.75 Å². The monoisotopic (exact) mass is 391 g/mol. The number of amides is 1. The van der Waals surface area contributed by atoms with Crippen molar-refractivity contribution in [3.63, 3.8) is 0 Å². The molecule has 1 heterocycles. The van der Waals surface area contributed by atoms with E-state index in [2.05, 4.69) is 35.0 Å². The molecule has 4 rings (SSSR count). The highest BCUT2D eigenvalue weighted by Crippen LogP contribution is 2.30. The van der Waals surface area contributed by atoms with E-state index < -0.39 is 0 Å². The topological polar surface area (TPSA) is 56.1 Å². The van der Waals surface area contributed by atoms with Crippen LogP contribution in [0.5, 0.6) is 5.75 Å². The van der Waals surface area contributed by atoms with Gasteiger partial charge in [0.05, 0.1) is 23.7 Å². The minimum atomic E-state index is -0.0981. The zero-order valence-corrected chi connectivity index (χ0v) is 17.2. The summed E-state index contributed by atoms with van der Waals surface area (Å²) in [6.45, 7) is 5.65. The summed E-state index contributed by atoms with van der Waals surface area (Å²) in [7, 11) is 0. The molecule has 1 saturated carbocycles. The Morgan fingerprint density at radius 1 is 1.21 bits per heavy atom. The molecule has 0 saturated heterocycles. The number of unbranched alkanes of at least 4 members (excludes halogenated alkanes) is 1. The molecule has 3 aromatic rings. The van der Waals surface area contributed by atoms with Crippen LogP contribution < -0.4 is 10.1 Å². The SMILES string of the molecule is Cc1cccc(OCCCCn2c(C(C)NC(=O)C3CC3)nc3ccccc32)c1. The Hall–Kier alpha value is -2.82. The predicted octanol–water partition coefficient (Wildman–Crippen LogP) is 4.79. The van der Waals surface area contributed by atoms with Crippen molar-refractivity contribution in [2.45, 2.75) is 52.1 Å². The first kappa shape index (κ1) is 19.5. The van der Waals surface area contributed by atoms with Gasteiger partial charge in [0.15, 0.2) is 0 Å². The van der Waals surface area contributed by atoms with Gasteiger partial charge < -0.3 is 14.6 Å². The number of para-hydroxylation sites is 2. The van der Waals surface area contributed by atoms with Gasteiger partial charge in [-0.1, -0.05) is 24.3 Å². The van der Waals surface area contributed by atoms with Crippen LogP contribution >= 0.6 is 0 Å². The second-order valence-electron chi connectivity index (χ2n) is 7.99. The maximum Gasteiger partial charge on any atom is 0.223 e. The molecule has 1 aliphatic rings. The number of carbonyl (C=O) groups is 1. The van der Waals surface area contributed by atoms with Gasteiger partial charge in [0.25, 0.3) is 0 Å².